The standard InChI is InChI=1S/C12H25N3/c1-6-8-11-14(12(3,4)5)10-13-15(11)9-7-2/h10-11H,6-9H2,1-5H3. The third-order valence-corrected chi connectivity index (χ3v) is 2.76. The van der Waals surface area contributed by atoms with Gasteiger partial charge in [-0.05, 0) is 33.6 Å². The van der Waals surface area contributed by atoms with Gasteiger partial charge in [0.1, 0.15) is 12.5 Å². The van der Waals surface area contributed by atoms with E-state index in [-0.39, 0.29) is 5.54 Å². The highest BCUT2D eigenvalue weighted by atomic mass is 15.6. The van der Waals surface area contributed by atoms with Crippen molar-refractivity contribution < 1.29 is 0 Å². The quantitative estimate of drug-likeness (QED) is 0.712. The molecule has 0 aliphatic carbocycles. The Morgan fingerprint density at radius 1 is 1.20 bits per heavy atom. The van der Waals surface area contributed by atoms with E-state index >= 15 is 0 Å². The molecule has 0 N–H and O–H groups in total. The lowest BCUT2D eigenvalue weighted by molar-refractivity contribution is 0.0686. The van der Waals surface area contributed by atoms with Gasteiger partial charge in [0, 0.05) is 12.1 Å². The van der Waals surface area contributed by atoms with Crippen LogP contribution in [0.15, 0.2) is 5.10 Å². The first-order valence-corrected chi connectivity index (χ1v) is 6.10. The van der Waals surface area contributed by atoms with Gasteiger partial charge in [-0.2, -0.15) is 5.10 Å². The van der Waals surface area contributed by atoms with Crippen LogP contribution >= 0.6 is 0 Å². The molecule has 88 valence electrons. The maximum absolute atomic E-state index is 4.51. The van der Waals surface area contributed by atoms with Crippen molar-refractivity contribution in [3.8, 4) is 0 Å². The number of hydrogen-bond acceptors (Lipinski definition) is 3. The molecule has 1 rings (SSSR count). The topological polar surface area (TPSA) is 18.8 Å². The van der Waals surface area contributed by atoms with Crippen molar-refractivity contribution in [2.45, 2.75) is 65.6 Å². The molecule has 1 aliphatic heterocycles. The fourth-order valence-corrected chi connectivity index (χ4v) is 2.02. The molecule has 0 spiro atoms. The van der Waals surface area contributed by atoms with Gasteiger partial charge in [0.15, 0.2) is 0 Å². The fraction of sp³-hybridized carbons (Fsp3) is 0.917. The normalized spacial score (nSPS) is 21.5. The van der Waals surface area contributed by atoms with Crippen LogP contribution in [0.1, 0.15) is 53.9 Å². The SMILES string of the molecule is CCCC1N(CCC)N=CN1C(C)(C)C. The lowest BCUT2D eigenvalue weighted by atomic mass is 10.0. The predicted octanol–water partition coefficient (Wildman–Crippen LogP) is 2.88. The molecule has 0 aromatic carbocycles. The maximum atomic E-state index is 4.51. The monoisotopic (exact) mass is 211 g/mol. The Hall–Kier alpha value is -0.730. The van der Waals surface area contributed by atoms with Crippen molar-refractivity contribution in [1.82, 2.24) is 9.91 Å². The molecule has 3 nitrogen and oxygen atoms in total. The Kier molecular flexibility index (Phi) is 4.00. The Morgan fingerprint density at radius 2 is 1.87 bits per heavy atom. The molecule has 0 saturated heterocycles. The second-order valence-electron chi connectivity index (χ2n) is 5.24. The van der Waals surface area contributed by atoms with Gasteiger partial charge in [0.25, 0.3) is 0 Å². The van der Waals surface area contributed by atoms with E-state index in [4.69, 9.17) is 0 Å². The van der Waals surface area contributed by atoms with Crippen LogP contribution in [0.25, 0.3) is 0 Å². The molecule has 0 fully saturated rings. The Balaban J connectivity index is 2.70. The third kappa shape index (κ3) is 2.86. The Morgan fingerprint density at radius 3 is 2.33 bits per heavy atom. The van der Waals surface area contributed by atoms with E-state index in [0.717, 1.165) is 13.0 Å². The van der Waals surface area contributed by atoms with Gasteiger partial charge in [-0.25, -0.2) is 0 Å². The number of rotatable bonds is 4. The average molecular weight is 211 g/mol. The lowest BCUT2D eigenvalue weighted by Gasteiger charge is -2.39. The Labute approximate surface area is 94.1 Å². The van der Waals surface area contributed by atoms with Crippen molar-refractivity contribution in [3.05, 3.63) is 0 Å². The zero-order chi connectivity index (χ0) is 11.5. The van der Waals surface area contributed by atoms with E-state index in [0.29, 0.717) is 6.17 Å². The third-order valence-electron chi connectivity index (χ3n) is 2.76. The van der Waals surface area contributed by atoms with Gasteiger partial charge < -0.3 is 4.90 Å². The van der Waals surface area contributed by atoms with Crippen LogP contribution in [0.5, 0.6) is 0 Å². The largest absolute Gasteiger partial charge is 0.335 e. The van der Waals surface area contributed by atoms with Crippen molar-refractivity contribution in [1.29, 1.82) is 0 Å². The van der Waals surface area contributed by atoms with Gasteiger partial charge in [0.05, 0.1) is 0 Å². The molecule has 0 radical (unpaired) electrons. The minimum absolute atomic E-state index is 0.172. The molecular weight excluding hydrogens is 186 g/mol. The van der Waals surface area contributed by atoms with Crippen LogP contribution < -0.4 is 0 Å². The summed E-state index contributed by atoms with van der Waals surface area (Å²) in [5.74, 6) is 0. The fourth-order valence-electron chi connectivity index (χ4n) is 2.02. The first kappa shape index (κ1) is 12.3. The second kappa shape index (κ2) is 4.86. The highest BCUT2D eigenvalue weighted by molar-refractivity contribution is 5.58. The molecule has 0 aromatic heterocycles. The van der Waals surface area contributed by atoms with Crippen molar-refractivity contribution in [3.63, 3.8) is 0 Å². The summed E-state index contributed by atoms with van der Waals surface area (Å²) in [7, 11) is 0. The maximum Gasteiger partial charge on any atom is 0.119 e. The molecule has 1 heterocycles. The molecule has 0 aromatic rings. The van der Waals surface area contributed by atoms with Crippen molar-refractivity contribution >= 4 is 6.34 Å². The van der Waals surface area contributed by atoms with E-state index in [1.165, 1.54) is 12.8 Å². The summed E-state index contributed by atoms with van der Waals surface area (Å²) in [6.07, 6.45) is 6.04. The second-order valence-corrected chi connectivity index (χ2v) is 5.24. The summed E-state index contributed by atoms with van der Waals surface area (Å²) in [6.45, 7) is 12.3. The highest BCUT2D eigenvalue weighted by Crippen LogP contribution is 2.25. The molecule has 1 atom stereocenters. The number of hydrogen-bond donors (Lipinski definition) is 0. The summed E-state index contributed by atoms with van der Waals surface area (Å²) >= 11 is 0. The molecule has 1 unspecified atom stereocenters. The van der Waals surface area contributed by atoms with Crippen LogP contribution in [0.2, 0.25) is 0 Å². The van der Waals surface area contributed by atoms with Crippen LogP contribution in [-0.4, -0.2) is 34.5 Å². The average Bonchev–Trinajstić information content (AvgIpc) is 2.49. The zero-order valence-corrected chi connectivity index (χ0v) is 10.8. The van der Waals surface area contributed by atoms with E-state index in [2.05, 4.69) is 49.6 Å². The summed E-state index contributed by atoms with van der Waals surface area (Å²) in [5.41, 5.74) is 0.172. The first-order chi connectivity index (χ1) is 7.00. The molecule has 0 amide bonds. The van der Waals surface area contributed by atoms with E-state index < -0.39 is 0 Å². The van der Waals surface area contributed by atoms with Gasteiger partial charge in [-0.3, -0.25) is 5.01 Å². The van der Waals surface area contributed by atoms with Gasteiger partial charge in [-0.15, -0.1) is 0 Å². The van der Waals surface area contributed by atoms with E-state index in [1.54, 1.807) is 0 Å². The first-order valence-electron chi connectivity index (χ1n) is 6.10. The van der Waals surface area contributed by atoms with Crippen LogP contribution in [0.3, 0.4) is 0 Å². The van der Waals surface area contributed by atoms with Gasteiger partial charge in [-0.1, -0.05) is 20.3 Å². The summed E-state index contributed by atoms with van der Waals surface area (Å²) < 4.78 is 0. The minimum atomic E-state index is 0.172. The van der Waals surface area contributed by atoms with Gasteiger partial charge >= 0.3 is 0 Å². The summed E-state index contributed by atoms with van der Waals surface area (Å²) in [6, 6.07) is 0. The minimum Gasteiger partial charge on any atom is -0.335 e. The molecule has 3 heteroatoms. The van der Waals surface area contributed by atoms with Crippen LogP contribution in [-0.2, 0) is 0 Å². The van der Waals surface area contributed by atoms with Gasteiger partial charge in [0.2, 0.25) is 0 Å². The van der Waals surface area contributed by atoms with Crippen LogP contribution in [0.4, 0.5) is 0 Å². The highest BCUT2D eigenvalue weighted by Gasteiger charge is 2.33. The molecular formula is C12H25N3. The Bertz CT molecular complexity index is 217. The van der Waals surface area contributed by atoms with Crippen molar-refractivity contribution in [2.75, 3.05) is 6.54 Å². The molecule has 0 bridgehead atoms. The van der Waals surface area contributed by atoms with Crippen molar-refractivity contribution in [2.24, 2.45) is 5.10 Å². The lowest BCUT2D eigenvalue weighted by Crippen LogP contribution is -2.49. The van der Waals surface area contributed by atoms with E-state index in [1.807, 2.05) is 6.34 Å². The van der Waals surface area contributed by atoms with E-state index in [9.17, 15) is 0 Å². The predicted molar refractivity (Wildman–Crippen MR) is 65.8 cm³/mol. The van der Waals surface area contributed by atoms with Crippen LogP contribution in [0, 0.1) is 0 Å². The number of nitrogens with zero attached hydrogens (tertiary/aromatic N) is 3. The molecule has 1 aliphatic rings. The number of hydrazone groups is 1. The summed E-state index contributed by atoms with van der Waals surface area (Å²) in [5, 5.41) is 6.74. The molecule has 15 heavy (non-hydrogen) atoms. The summed E-state index contributed by atoms with van der Waals surface area (Å²) in [4.78, 5) is 2.38. The smallest absolute Gasteiger partial charge is 0.119 e. The zero-order valence-electron chi connectivity index (χ0n) is 10.8. The molecule has 0 saturated carbocycles.